The molecule has 0 atom stereocenters. The third kappa shape index (κ3) is 5.58. The lowest BCUT2D eigenvalue weighted by Crippen LogP contribution is -2.57. The fraction of sp³-hybridized carbons (Fsp3) is 0.519. The number of carbonyl (C=O) groups excluding carboxylic acids is 1. The van der Waals surface area contributed by atoms with E-state index in [4.69, 9.17) is 4.99 Å². The maximum absolute atomic E-state index is 14.2. The summed E-state index contributed by atoms with van der Waals surface area (Å²) in [5.41, 5.74) is 0.688. The van der Waals surface area contributed by atoms with Crippen LogP contribution in [-0.4, -0.2) is 59.4 Å². The van der Waals surface area contributed by atoms with Crippen LogP contribution in [0.15, 0.2) is 47.6 Å². The highest BCUT2D eigenvalue weighted by molar-refractivity contribution is 6.19. The van der Waals surface area contributed by atoms with Gasteiger partial charge in [-0.2, -0.15) is 0 Å². The predicted octanol–water partition coefficient (Wildman–Crippen LogP) is 5.19. The molecule has 1 aromatic carbocycles. The van der Waals surface area contributed by atoms with Crippen LogP contribution in [0.4, 0.5) is 29.5 Å². The molecule has 2 amide bonds. The summed E-state index contributed by atoms with van der Waals surface area (Å²) in [5.74, 6) is 0.756. The molecule has 2 saturated heterocycles. The molecule has 3 aliphatic rings. The van der Waals surface area contributed by atoms with Gasteiger partial charge in [0, 0.05) is 37.1 Å². The van der Waals surface area contributed by atoms with E-state index in [2.05, 4.69) is 20.5 Å². The second kappa shape index (κ2) is 11.1. The van der Waals surface area contributed by atoms with Crippen LogP contribution in [0.1, 0.15) is 50.5 Å². The molecule has 1 spiro atoms. The number of aliphatic imine (C=N–C) groups is 1. The van der Waals surface area contributed by atoms with Gasteiger partial charge in [0.2, 0.25) is 0 Å². The molecule has 10 heteroatoms. The van der Waals surface area contributed by atoms with Crippen molar-refractivity contribution in [2.24, 2.45) is 4.99 Å². The number of hydrogen-bond acceptors (Lipinski definition) is 5. The highest BCUT2D eigenvalue weighted by Gasteiger charge is 2.53. The number of urea groups is 1. The number of pyridine rings is 1. The first-order chi connectivity index (χ1) is 17.9. The molecule has 2 N–H and O–H groups in total. The van der Waals surface area contributed by atoms with Crippen LogP contribution < -0.4 is 15.5 Å². The monoisotopic (exact) mass is 514 g/mol. The molecule has 0 radical (unpaired) electrons. The molecule has 37 heavy (non-hydrogen) atoms. The van der Waals surface area contributed by atoms with Crippen LogP contribution in [0.3, 0.4) is 0 Å². The third-order valence-electron chi connectivity index (χ3n) is 7.64. The Labute approximate surface area is 215 Å². The lowest BCUT2D eigenvalue weighted by molar-refractivity contribution is 0.163. The fourth-order valence-corrected chi connectivity index (χ4v) is 5.78. The van der Waals surface area contributed by atoms with Crippen LogP contribution in [0.2, 0.25) is 0 Å². The van der Waals surface area contributed by atoms with E-state index in [0.717, 1.165) is 31.2 Å². The standard InChI is InChI=1S/C27H33F3N6O/c28-20-7-4-10-22(16-20)36-26(37)34-25(33-21-8-2-1-3-9-21)27(36)11-14-35(15-12-27)18-19-6-5-13-31-24(19)32-17-23(29)30/h4-7,10,13,16,21,23H,1-3,8-9,11-12,14-15,17-18H2,(H,31,32)(H,33,34,37). The molecule has 3 heterocycles. The highest BCUT2D eigenvalue weighted by atomic mass is 19.3. The smallest absolute Gasteiger partial charge is 0.328 e. The average Bonchev–Trinajstić information content (AvgIpc) is 3.15. The van der Waals surface area contributed by atoms with Gasteiger partial charge in [-0.25, -0.2) is 22.9 Å². The summed E-state index contributed by atoms with van der Waals surface area (Å²) in [6, 6.07) is 9.75. The zero-order valence-corrected chi connectivity index (χ0v) is 20.8. The van der Waals surface area contributed by atoms with E-state index in [9.17, 15) is 18.0 Å². The number of carbonyl (C=O) groups is 1. The number of hydrogen-bond donors (Lipinski definition) is 2. The number of amides is 2. The van der Waals surface area contributed by atoms with E-state index in [1.807, 2.05) is 6.07 Å². The molecule has 1 saturated carbocycles. The molecule has 198 valence electrons. The summed E-state index contributed by atoms with van der Waals surface area (Å²) in [5, 5.41) is 5.77. The second-order valence-corrected chi connectivity index (χ2v) is 10.1. The van der Waals surface area contributed by atoms with Gasteiger partial charge >= 0.3 is 6.03 Å². The summed E-state index contributed by atoms with van der Waals surface area (Å²) in [6.45, 7) is 1.41. The second-order valence-electron chi connectivity index (χ2n) is 10.1. The number of halogens is 3. The number of anilines is 2. The number of rotatable bonds is 7. The van der Waals surface area contributed by atoms with E-state index in [-0.39, 0.29) is 12.1 Å². The third-order valence-corrected chi connectivity index (χ3v) is 7.64. The number of alkyl halides is 2. The largest absolute Gasteiger partial charge is 0.364 e. The highest BCUT2D eigenvalue weighted by Crippen LogP contribution is 2.39. The Kier molecular flexibility index (Phi) is 7.64. The summed E-state index contributed by atoms with van der Waals surface area (Å²) < 4.78 is 39.7. The molecule has 1 aliphatic carbocycles. The lowest BCUT2D eigenvalue weighted by atomic mass is 9.84. The van der Waals surface area contributed by atoms with Gasteiger partial charge in [-0.05, 0) is 49.9 Å². The van der Waals surface area contributed by atoms with Crippen molar-refractivity contribution >= 4 is 23.4 Å². The zero-order valence-electron chi connectivity index (χ0n) is 20.8. The van der Waals surface area contributed by atoms with Crippen molar-refractivity contribution in [3.63, 3.8) is 0 Å². The Hall–Kier alpha value is -3.14. The molecule has 2 aromatic rings. The predicted molar refractivity (Wildman–Crippen MR) is 138 cm³/mol. The van der Waals surface area contributed by atoms with E-state index >= 15 is 0 Å². The first-order valence-corrected chi connectivity index (χ1v) is 13.1. The number of likely N-dealkylation sites (tertiary alicyclic amines) is 1. The zero-order chi connectivity index (χ0) is 25.8. The SMILES string of the molecule is O=C1NC(=NC2CCCCC2)C2(CCN(Cc3cccnc3NCC(F)F)CC2)N1c1cccc(F)c1. The van der Waals surface area contributed by atoms with E-state index < -0.39 is 24.3 Å². The summed E-state index contributed by atoms with van der Waals surface area (Å²) in [6.07, 6.45) is 5.87. The van der Waals surface area contributed by atoms with Gasteiger partial charge in [-0.15, -0.1) is 0 Å². The number of amidine groups is 1. The fourth-order valence-electron chi connectivity index (χ4n) is 5.78. The molecule has 5 rings (SSSR count). The molecule has 0 unspecified atom stereocenters. The Balaban J connectivity index is 1.38. The van der Waals surface area contributed by atoms with Gasteiger partial charge in [0.1, 0.15) is 23.0 Å². The minimum Gasteiger partial charge on any atom is -0.364 e. The molecule has 1 aromatic heterocycles. The van der Waals surface area contributed by atoms with Crippen LogP contribution in [-0.2, 0) is 6.54 Å². The van der Waals surface area contributed by atoms with Crippen molar-refractivity contribution in [3.05, 3.63) is 54.0 Å². The minimum atomic E-state index is -2.47. The maximum atomic E-state index is 14.2. The van der Waals surface area contributed by atoms with Crippen molar-refractivity contribution in [2.75, 3.05) is 29.9 Å². The Morgan fingerprint density at radius 3 is 2.65 bits per heavy atom. The van der Waals surface area contributed by atoms with Crippen LogP contribution >= 0.6 is 0 Å². The summed E-state index contributed by atoms with van der Waals surface area (Å²) >= 11 is 0. The van der Waals surface area contributed by atoms with Gasteiger partial charge in [-0.3, -0.25) is 20.1 Å². The van der Waals surface area contributed by atoms with Gasteiger partial charge in [0.05, 0.1) is 12.6 Å². The average molecular weight is 515 g/mol. The Morgan fingerprint density at radius 1 is 1.14 bits per heavy atom. The maximum Gasteiger partial charge on any atom is 0.328 e. The van der Waals surface area contributed by atoms with Gasteiger partial charge in [0.15, 0.2) is 0 Å². The quantitative estimate of drug-likeness (QED) is 0.533. The van der Waals surface area contributed by atoms with Gasteiger partial charge < -0.3 is 5.32 Å². The van der Waals surface area contributed by atoms with Gasteiger partial charge in [-0.1, -0.05) is 31.4 Å². The van der Waals surface area contributed by atoms with Crippen LogP contribution in [0, 0.1) is 5.82 Å². The van der Waals surface area contributed by atoms with Crippen molar-refractivity contribution in [1.29, 1.82) is 0 Å². The lowest BCUT2D eigenvalue weighted by Gasteiger charge is -2.44. The summed E-state index contributed by atoms with van der Waals surface area (Å²) in [4.78, 5) is 26.5. The number of piperidine rings is 1. The minimum absolute atomic E-state index is 0.185. The van der Waals surface area contributed by atoms with Crippen LogP contribution in [0.5, 0.6) is 0 Å². The first-order valence-electron chi connectivity index (χ1n) is 13.1. The number of benzene rings is 1. The van der Waals surface area contributed by atoms with E-state index in [0.29, 0.717) is 49.8 Å². The van der Waals surface area contributed by atoms with E-state index in [1.165, 1.54) is 18.6 Å². The Morgan fingerprint density at radius 2 is 1.92 bits per heavy atom. The molecular formula is C27H33F3N6O. The number of nitrogens with zero attached hydrogens (tertiary/aromatic N) is 4. The molecular weight excluding hydrogens is 481 g/mol. The van der Waals surface area contributed by atoms with Crippen molar-refractivity contribution < 1.29 is 18.0 Å². The normalized spacial score (nSPS) is 21.7. The first kappa shape index (κ1) is 25.5. The van der Waals surface area contributed by atoms with Crippen molar-refractivity contribution in [2.45, 2.75) is 69.5 Å². The molecule has 7 nitrogen and oxygen atoms in total. The number of nitrogens with one attached hydrogen (secondary N) is 2. The van der Waals surface area contributed by atoms with Gasteiger partial charge in [0.25, 0.3) is 6.43 Å². The molecule has 2 aliphatic heterocycles. The van der Waals surface area contributed by atoms with Crippen molar-refractivity contribution in [1.82, 2.24) is 15.2 Å². The summed E-state index contributed by atoms with van der Waals surface area (Å²) in [7, 11) is 0. The number of aromatic nitrogens is 1. The topological polar surface area (TPSA) is 72.9 Å². The molecule has 3 fully saturated rings. The molecule has 0 bridgehead atoms. The van der Waals surface area contributed by atoms with Crippen LogP contribution in [0.25, 0.3) is 0 Å². The Bertz CT molecular complexity index is 1130. The van der Waals surface area contributed by atoms with Crippen molar-refractivity contribution in [3.8, 4) is 0 Å². The van der Waals surface area contributed by atoms with E-state index in [1.54, 1.807) is 29.3 Å².